The quantitative estimate of drug-likeness (QED) is 0.360. The van der Waals surface area contributed by atoms with E-state index in [9.17, 15) is 14.9 Å². The van der Waals surface area contributed by atoms with E-state index in [2.05, 4.69) is 15.3 Å². The molecule has 3 N–H and O–H groups in total. The van der Waals surface area contributed by atoms with Gasteiger partial charge in [-0.1, -0.05) is 23.4 Å². The standard InChI is InChI=1S/C14H14ClN5O3S/c1-7-5-12(16)19-14(17-7)24-8(2)13(21)18-11-6-9(20(22)23)3-4-10(11)15/h3-6,8H,1-2H3,(H,18,21)(H2,16,17,19). The van der Waals surface area contributed by atoms with Gasteiger partial charge in [0.05, 0.1) is 20.9 Å². The van der Waals surface area contributed by atoms with Crippen LogP contribution in [0.25, 0.3) is 0 Å². The fraction of sp³-hybridized carbons (Fsp3) is 0.214. The van der Waals surface area contributed by atoms with Crippen LogP contribution in [-0.4, -0.2) is 26.0 Å². The molecule has 0 aliphatic heterocycles. The summed E-state index contributed by atoms with van der Waals surface area (Å²) in [5.74, 6) is -0.0644. The SMILES string of the molecule is Cc1cc(N)nc(SC(C)C(=O)Nc2cc([N+](=O)[O-])ccc2Cl)n1. The molecule has 1 aromatic heterocycles. The summed E-state index contributed by atoms with van der Waals surface area (Å²) < 4.78 is 0. The molecule has 2 rings (SSSR count). The number of non-ortho nitro benzene ring substituents is 1. The first-order valence-electron chi connectivity index (χ1n) is 6.79. The minimum atomic E-state index is -0.562. The minimum Gasteiger partial charge on any atom is -0.384 e. The van der Waals surface area contributed by atoms with Gasteiger partial charge in [0.15, 0.2) is 5.16 Å². The number of thioether (sulfide) groups is 1. The Morgan fingerprint density at radius 3 is 2.75 bits per heavy atom. The Morgan fingerprint density at radius 1 is 1.42 bits per heavy atom. The molecule has 2 aromatic rings. The first-order valence-corrected chi connectivity index (χ1v) is 8.04. The second-order valence-electron chi connectivity index (χ2n) is 4.89. The largest absolute Gasteiger partial charge is 0.384 e. The normalized spacial score (nSPS) is 11.8. The third-order valence-corrected chi connectivity index (χ3v) is 4.21. The van der Waals surface area contributed by atoms with Crippen molar-refractivity contribution in [3.05, 3.63) is 45.1 Å². The Bertz CT molecular complexity index is 782. The molecule has 0 fully saturated rings. The number of carbonyl (C=O) groups excluding carboxylic acids is 1. The number of hydrogen-bond donors (Lipinski definition) is 2. The molecule has 0 aliphatic rings. The summed E-state index contributed by atoms with van der Waals surface area (Å²) in [6.07, 6.45) is 0. The number of nitro groups is 1. The number of rotatable bonds is 5. The molecule has 1 atom stereocenters. The second kappa shape index (κ2) is 7.45. The summed E-state index contributed by atoms with van der Waals surface area (Å²) in [7, 11) is 0. The summed E-state index contributed by atoms with van der Waals surface area (Å²) in [5, 5.41) is 13.4. The van der Waals surface area contributed by atoms with Gasteiger partial charge in [0.25, 0.3) is 5.69 Å². The number of anilines is 2. The first kappa shape index (κ1) is 18.0. The lowest BCUT2D eigenvalue weighted by Crippen LogP contribution is -2.23. The number of nitrogen functional groups attached to an aromatic ring is 1. The van der Waals surface area contributed by atoms with Crippen molar-refractivity contribution >= 4 is 46.5 Å². The van der Waals surface area contributed by atoms with Crippen molar-refractivity contribution in [2.45, 2.75) is 24.3 Å². The highest BCUT2D eigenvalue weighted by atomic mass is 35.5. The zero-order valence-electron chi connectivity index (χ0n) is 12.8. The fourth-order valence-corrected chi connectivity index (χ4v) is 2.79. The number of hydrogen-bond acceptors (Lipinski definition) is 7. The molecule has 0 spiro atoms. The van der Waals surface area contributed by atoms with Crippen molar-refractivity contribution in [2.75, 3.05) is 11.1 Å². The number of nitrogens with zero attached hydrogens (tertiary/aromatic N) is 3. The summed E-state index contributed by atoms with van der Waals surface area (Å²) in [6.45, 7) is 3.43. The summed E-state index contributed by atoms with van der Waals surface area (Å²) in [4.78, 5) is 30.8. The summed E-state index contributed by atoms with van der Waals surface area (Å²) in [5.41, 5.74) is 6.36. The van der Waals surface area contributed by atoms with Gasteiger partial charge >= 0.3 is 0 Å². The average molecular weight is 368 g/mol. The summed E-state index contributed by atoms with van der Waals surface area (Å²) >= 11 is 7.09. The first-order chi connectivity index (χ1) is 11.3. The molecular weight excluding hydrogens is 354 g/mol. The van der Waals surface area contributed by atoms with Gasteiger partial charge in [-0.15, -0.1) is 0 Å². The van der Waals surface area contributed by atoms with Gasteiger partial charge in [-0.3, -0.25) is 14.9 Å². The van der Waals surface area contributed by atoms with E-state index >= 15 is 0 Å². The van der Waals surface area contributed by atoms with Gasteiger partial charge < -0.3 is 11.1 Å². The van der Waals surface area contributed by atoms with Crippen LogP contribution in [0.4, 0.5) is 17.2 Å². The van der Waals surface area contributed by atoms with Gasteiger partial charge in [-0.2, -0.15) is 0 Å². The molecule has 1 heterocycles. The van der Waals surface area contributed by atoms with Crippen molar-refractivity contribution in [1.82, 2.24) is 9.97 Å². The molecule has 24 heavy (non-hydrogen) atoms. The lowest BCUT2D eigenvalue weighted by Gasteiger charge is -2.12. The fourth-order valence-electron chi connectivity index (χ4n) is 1.79. The van der Waals surface area contributed by atoms with E-state index in [1.165, 1.54) is 18.2 Å². The number of aromatic nitrogens is 2. The molecule has 0 radical (unpaired) electrons. The zero-order valence-corrected chi connectivity index (χ0v) is 14.4. The van der Waals surface area contributed by atoms with E-state index in [4.69, 9.17) is 17.3 Å². The van der Waals surface area contributed by atoms with Gasteiger partial charge in [0, 0.05) is 23.9 Å². The maximum absolute atomic E-state index is 12.3. The number of nitrogens with two attached hydrogens (primary N) is 1. The van der Waals surface area contributed by atoms with Crippen LogP contribution in [0.2, 0.25) is 5.02 Å². The lowest BCUT2D eigenvalue weighted by atomic mass is 10.2. The van der Waals surface area contributed by atoms with Crippen LogP contribution in [0.3, 0.4) is 0 Å². The van der Waals surface area contributed by atoms with Crippen molar-refractivity contribution < 1.29 is 9.72 Å². The molecule has 126 valence electrons. The molecule has 1 amide bonds. The molecule has 0 bridgehead atoms. The van der Waals surface area contributed by atoms with Crippen LogP contribution < -0.4 is 11.1 Å². The highest BCUT2D eigenvalue weighted by Crippen LogP contribution is 2.28. The molecule has 8 nitrogen and oxygen atoms in total. The molecule has 1 unspecified atom stereocenters. The molecule has 10 heteroatoms. The lowest BCUT2D eigenvalue weighted by molar-refractivity contribution is -0.384. The minimum absolute atomic E-state index is 0.162. The van der Waals surface area contributed by atoms with E-state index in [1.54, 1.807) is 19.9 Å². The third-order valence-electron chi connectivity index (χ3n) is 2.92. The van der Waals surface area contributed by atoms with Crippen molar-refractivity contribution in [2.24, 2.45) is 0 Å². The predicted molar refractivity (Wildman–Crippen MR) is 93.2 cm³/mol. The number of benzene rings is 1. The van der Waals surface area contributed by atoms with Crippen LogP contribution in [0, 0.1) is 17.0 Å². The zero-order chi connectivity index (χ0) is 17.9. The Labute approximate surface area is 147 Å². The van der Waals surface area contributed by atoms with E-state index in [-0.39, 0.29) is 22.3 Å². The number of carbonyl (C=O) groups is 1. The molecular formula is C14H14ClN5O3S. The third kappa shape index (κ3) is 4.56. The Balaban J connectivity index is 2.11. The maximum atomic E-state index is 12.3. The number of aryl methyl sites for hydroxylation is 1. The number of amides is 1. The predicted octanol–water partition coefficient (Wildman–Crippen LogP) is 3.05. The van der Waals surface area contributed by atoms with Gasteiger partial charge in [0.2, 0.25) is 5.91 Å². The van der Waals surface area contributed by atoms with Crippen LogP contribution >= 0.6 is 23.4 Å². The second-order valence-corrected chi connectivity index (χ2v) is 6.60. The van der Waals surface area contributed by atoms with Gasteiger partial charge in [0.1, 0.15) is 5.82 Å². The monoisotopic (exact) mass is 367 g/mol. The van der Waals surface area contributed by atoms with Crippen molar-refractivity contribution in [3.63, 3.8) is 0 Å². The van der Waals surface area contributed by atoms with Crippen LogP contribution in [0.5, 0.6) is 0 Å². The summed E-state index contributed by atoms with van der Waals surface area (Å²) in [6, 6.07) is 5.45. The number of nitrogens with one attached hydrogen (secondary N) is 1. The van der Waals surface area contributed by atoms with Crippen LogP contribution in [-0.2, 0) is 4.79 Å². The highest BCUT2D eigenvalue weighted by molar-refractivity contribution is 8.00. The smallest absolute Gasteiger partial charge is 0.271 e. The van der Waals surface area contributed by atoms with E-state index < -0.39 is 10.2 Å². The molecule has 0 aliphatic carbocycles. The molecule has 1 aromatic carbocycles. The Hall–Kier alpha value is -2.39. The van der Waals surface area contributed by atoms with Gasteiger partial charge in [-0.25, -0.2) is 9.97 Å². The van der Waals surface area contributed by atoms with Crippen LogP contribution in [0.1, 0.15) is 12.6 Å². The highest BCUT2D eigenvalue weighted by Gasteiger charge is 2.19. The van der Waals surface area contributed by atoms with E-state index in [1.807, 2.05) is 0 Å². The maximum Gasteiger partial charge on any atom is 0.271 e. The van der Waals surface area contributed by atoms with Crippen molar-refractivity contribution in [3.8, 4) is 0 Å². The Kier molecular flexibility index (Phi) is 5.58. The topological polar surface area (TPSA) is 124 Å². The molecule has 0 saturated carbocycles. The van der Waals surface area contributed by atoms with Crippen molar-refractivity contribution in [1.29, 1.82) is 0 Å². The Morgan fingerprint density at radius 2 is 2.12 bits per heavy atom. The van der Waals surface area contributed by atoms with E-state index in [0.29, 0.717) is 16.7 Å². The average Bonchev–Trinajstić information content (AvgIpc) is 2.48. The number of nitro benzene ring substituents is 1. The molecule has 0 saturated heterocycles. The van der Waals surface area contributed by atoms with Gasteiger partial charge in [-0.05, 0) is 19.9 Å². The van der Waals surface area contributed by atoms with Crippen LogP contribution in [0.15, 0.2) is 29.4 Å². The number of halogens is 1. The van der Waals surface area contributed by atoms with E-state index in [0.717, 1.165) is 11.8 Å².